The number of hydrogen-bond acceptors (Lipinski definition) is 3. The number of hydrogen-bond donors (Lipinski definition) is 1. The van der Waals surface area contributed by atoms with Gasteiger partial charge >= 0.3 is 0 Å². The van der Waals surface area contributed by atoms with Crippen molar-refractivity contribution in [2.45, 2.75) is 40.0 Å². The molecule has 1 heterocycles. The number of aromatic nitrogens is 1. The summed E-state index contributed by atoms with van der Waals surface area (Å²) in [6, 6.07) is 3.96. The predicted molar refractivity (Wildman–Crippen MR) is 66.0 cm³/mol. The quantitative estimate of drug-likeness (QED) is 0.846. The van der Waals surface area contributed by atoms with Crippen molar-refractivity contribution in [3.05, 3.63) is 22.9 Å². The molecule has 0 aromatic carbocycles. The summed E-state index contributed by atoms with van der Waals surface area (Å²) in [5, 5.41) is 8.93. The summed E-state index contributed by atoms with van der Waals surface area (Å²) < 4.78 is 0. The van der Waals surface area contributed by atoms with E-state index in [1.165, 1.54) is 0 Å². The molecule has 1 aromatic heterocycles. The minimum absolute atomic E-state index is 0.350. The fourth-order valence-electron chi connectivity index (χ4n) is 1.72. The van der Waals surface area contributed by atoms with Gasteiger partial charge in [-0.15, -0.1) is 0 Å². The summed E-state index contributed by atoms with van der Waals surface area (Å²) in [5.74, 6) is 1.26. The lowest BCUT2D eigenvalue weighted by molar-refractivity contribution is 0.625. The number of anilines is 1. The fourth-order valence-corrected chi connectivity index (χ4v) is 1.72. The van der Waals surface area contributed by atoms with Crippen LogP contribution in [0.4, 0.5) is 5.82 Å². The molecule has 0 aliphatic rings. The number of nitrogen functional groups attached to an aromatic ring is 1. The molecule has 0 aliphatic carbocycles. The Morgan fingerprint density at radius 1 is 1.38 bits per heavy atom. The summed E-state index contributed by atoms with van der Waals surface area (Å²) in [6.07, 6.45) is 0.906. The van der Waals surface area contributed by atoms with Gasteiger partial charge in [0.1, 0.15) is 11.9 Å². The lowest BCUT2D eigenvalue weighted by Gasteiger charge is -2.15. The van der Waals surface area contributed by atoms with E-state index in [0.717, 1.165) is 17.7 Å². The number of rotatable bonds is 3. The van der Waals surface area contributed by atoms with Gasteiger partial charge in [0.2, 0.25) is 0 Å². The largest absolute Gasteiger partial charge is 0.383 e. The first-order valence-electron chi connectivity index (χ1n) is 5.65. The predicted octanol–water partition coefficient (Wildman–Crippen LogP) is 2.86. The zero-order valence-electron chi connectivity index (χ0n) is 10.4. The average molecular weight is 217 g/mol. The molecule has 3 heteroatoms. The monoisotopic (exact) mass is 217 g/mol. The second-order valence-electron chi connectivity index (χ2n) is 4.82. The molecule has 1 aromatic rings. The maximum atomic E-state index is 8.93. The van der Waals surface area contributed by atoms with E-state index in [9.17, 15) is 0 Å². The number of nitriles is 1. The highest BCUT2D eigenvalue weighted by Gasteiger charge is 2.13. The van der Waals surface area contributed by atoms with Crippen molar-refractivity contribution in [3.8, 4) is 6.07 Å². The molecular weight excluding hydrogens is 198 g/mol. The highest BCUT2D eigenvalue weighted by Crippen LogP contribution is 2.24. The van der Waals surface area contributed by atoms with Gasteiger partial charge in [0.15, 0.2) is 0 Å². The van der Waals surface area contributed by atoms with Crippen molar-refractivity contribution in [3.63, 3.8) is 0 Å². The fraction of sp³-hybridized carbons (Fsp3) is 0.538. The normalized spacial score (nSPS) is 10.8. The van der Waals surface area contributed by atoms with Gasteiger partial charge in [-0.3, -0.25) is 0 Å². The van der Waals surface area contributed by atoms with Crippen LogP contribution in [0.2, 0.25) is 0 Å². The molecular formula is C13H19N3. The summed E-state index contributed by atoms with van der Waals surface area (Å²) in [7, 11) is 0. The van der Waals surface area contributed by atoms with Crippen molar-refractivity contribution in [1.29, 1.82) is 5.26 Å². The summed E-state index contributed by atoms with van der Waals surface area (Å²) in [6.45, 7) is 8.52. The van der Waals surface area contributed by atoms with Crippen molar-refractivity contribution < 1.29 is 0 Å². The van der Waals surface area contributed by atoms with E-state index in [1.54, 1.807) is 0 Å². The molecule has 0 atom stereocenters. The Labute approximate surface area is 97.3 Å². The molecule has 0 amide bonds. The molecule has 0 aliphatic heterocycles. The van der Waals surface area contributed by atoms with Gasteiger partial charge in [0.25, 0.3) is 0 Å². The number of nitrogens with two attached hydrogens (primary N) is 1. The molecule has 0 saturated carbocycles. The highest BCUT2D eigenvalue weighted by molar-refractivity contribution is 5.51. The van der Waals surface area contributed by atoms with Gasteiger partial charge in [-0.1, -0.05) is 27.7 Å². The Bertz CT molecular complexity index is 414. The van der Waals surface area contributed by atoms with Crippen molar-refractivity contribution in [1.82, 2.24) is 4.98 Å². The summed E-state index contributed by atoms with van der Waals surface area (Å²) in [5.41, 5.74) is 8.39. The third kappa shape index (κ3) is 2.73. The second-order valence-corrected chi connectivity index (χ2v) is 4.82. The summed E-state index contributed by atoms with van der Waals surface area (Å²) in [4.78, 5) is 4.36. The Morgan fingerprint density at radius 2 is 2.00 bits per heavy atom. The molecule has 0 fully saturated rings. The Balaban J connectivity index is 3.26. The number of pyridine rings is 1. The standard InChI is InChI=1S/C13H19N3/c1-8(2)5-12-11(9(3)4)6-10(7-14)13(15)16-12/h6,8-9H,5H2,1-4H3,(H2,15,16). The lowest BCUT2D eigenvalue weighted by atomic mass is 9.95. The van der Waals surface area contributed by atoms with Crippen LogP contribution in [0, 0.1) is 17.2 Å². The van der Waals surface area contributed by atoms with Gasteiger partial charge in [-0.25, -0.2) is 4.98 Å². The second kappa shape index (κ2) is 4.98. The van der Waals surface area contributed by atoms with Gasteiger partial charge in [-0.2, -0.15) is 5.26 Å². The van der Waals surface area contributed by atoms with Crippen molar-refractivity contribution in [2.75, 3.05) is 5.73 Å². The van der Waals surface area contributed by atoms with E-state index in [-0.39, 0.29) is 0 Å². The minimum atomic E-state index is 0.350. The highest BCUT2D eigenvalue weighted by atomic mass is 14.8. The van der Waals surface area contributed by atoms with Crippen LogP contribution >= 0.6 is 0 Å². The molecule has 2 N–H and O–H groups in total. The lowest BCUT2D eigenvalue weighted by Crippen LogP contribution is -2.08. The van der Waals surface area contributed by atoms with E-state index >= 15 is 0 Å². The molecule has 0 spiro atoms. The molecule has 3 nitrogen and oxygen atoms in total. The zero-order chi connectivity index (χ0) is 12.3. The van der Waals surface area contributed by atoms with Crippen molar-refractivity contribution >= 4 is 5.82 Å². The van der Waals surface area contributed by atoms with E-state index in [4.69, 9.17) is 11.0 Å². The maximum absolute atomic E-state index is 8.93. The molecule has 16 heavy (non-hydrogen) atoms. The Morgan fingerprint density at radius 3 is 2.44 bits per heavy atom. The zero-order valence-corrected chi connectivity index (χ0v) is 10.4. The molecule has 1 rings (SSSR count). The first-order valence-corrected chi connectivity index (χ1v) is 5.65. The van der Waals surface area contributed by atoms with Crippen molar-refractivity contribution in [2.24, 2.45) is 5.92 Å². The smallest absolute Gasteiger partial charge is 0.141 e. The summed E-state index contributed by atoms with van der Waals surface area (Å²) >= 11 is 0. The van der Waals surface area contributed by atoms with Crippen LogP contribution in [-0.2, 0) is 6.42 Å². The van der Waals surface area contributed by atoms with Gasteiger partial charge in [-0.05, 0) is 29.9 Å². The first kappa shape index (κ1) is 12.5. The Kier molecular flexibility index (Phi) is 3.89. The van der Waals surface area contributed by atoms with Gasteiger partial charge in [0, 0.05) is 5.69 Å². The minimum Gasteiger partial charge on any atom is -0.383 e. The molecule has 0 radical (unpaired) electrons. The molecule has 0 bridgehead atoms. The van der Waals surface area contributed by atoms with Crippen LogP contribution in [-0.4, -0.2) is 4.98 Å². The third-order valence-electron chi connectivity index (χ3n) is 2.51. The van der Waals surface area contributed by atoms with Crippen LogP contribution in [0.3, 0.4) is 0 Å². The Hall–Kier alpha value is -1.56. The van der Waals surface area contributed by atoms with Crippen LogP contribution in [0.15, 0.2) is 6.07 Å². The van der Waals surface area contributed by atoms with E-state index in [0.29, 0.717) is 23.2 Å². The van der Waals surface area contributed by atoms with E-state index in [2.05, 4.69) is 38.7 Å². The number of nitrogens with zero attached hydrogens (tertiary/aromatic N) is 2. The van der Waals surface area contributed by atoms with E-state index < -0.39 is 0 Å². The van der Waals surface area contributed by atoms with Crippen LogP contribution in [0.25, 0.3) is 0 Å². The van der Waals surface area contributed by atoms with Gasteiger partial charge in [0.05, 0.1) is 5.56 Å². The molecule has 0 unspecified atom stereocenters. The van der Waals surface area contributed by atoms with Gasteiger partial charge < -0.3 is 5.73 Å². The average Bonchev–Trinajstić information content (AvgIpc) is 2.16. The maximum Gasteiger partial charge on any atom is 0.141 e. The first-order chi connectivity index (χ1) is 7.45. The molecule has 0 saturated heterocycles. The molecule has 86 valence electrons. The third-order valence-corrected chi connectivity index (χ3v) is 2.51. The topological polar surface area (TPSA) is 62.7 Å². The SMILES string of the molecule is CC(C)Cc1nc(N)c(C#N)cc1C(C)C. The van der Waals surface area contributed by atoms with Crippen LogP contribution in [0.5, 0.6) is 0 Å². The van der Waals surface area contributed by atoms with E-state index in [1.807, 2.05) is 6.07 Å². The van der Waals surface area contributed by atoms with Crippen LogP contribution in [0.1, 0.15) is 50.4 Å². The van der Waals surface area contributed by atoms with Crippen LogP contribution < -0.4 is 5.73 Å².